The molecule has 4 heteroatoms. The molecule has 2 fully saturated rings. The van der Waals surface area contributed by atoms with Crippen LogP contribution in [0.25, 0.3) is 11.1 Å². The minimum absolute atomic E-state index is 0.0883. The third kappa shape index (κ3) is 5.88. The molecule has 4 unspecified atom stereocenters. The fourth-order valence-electron chi connectivity index (χ4n) is 7.79. The topological polar surface area (TPSA) is 24.1 Å². The Kier molecular flexibility index (Phi) is 8.63. The maximum absolute atomic E-state index is 3.74. The van der Waals surface area contributed by atoms with Gasteiger partial charge < -0.3 is 10.6 Å². The molecular formula is C35H50N2P2. The van der Waals surface area contributed by atoms with Gasteiger partial charge in [0.1, 0.15) is 0 Å². The maximum atomic E-state index is 3.74. The zero-order valence-electron chi connectivity index (χ0n) is 25.1. The third-order valence-corrected chi connectivity index (χ3v) is 14.7. The molecule has 5 rings (SSSR count). The molecule has 0 spiro atoms. The van der Waals surface area contributed by atoms with Crippen LogP contribution in [0, 0.1) is 17.8 Å². The summed E-state index contributed by atoms with van der Waals surface area (Å²) in [5.41, 5.74) is 7.44. The molecule has 1 aliphatic carbocycles. The Hall–Kier alpha value is -1.30. The van der Waals surface area contributed by atoms with Crippen molar-refractivity contribution in [1.82, 2.24) is 10.6 Å². The van der Waals surface area contributed by atoms with Crippen molar-refractivity contribution in [3.8, 4) is 0 Å². The van der Waals surface area contributed by atoms with Gasteiger partial charge in [-0.25, -0.2) is 0 Å². The molecule has 4 atom stereocenters. The van der Waals surface area contributed by atoms with E-state index in [-0.39, 0.29) is 23.4 Å². The van der Waals surface area contributed by atoms with Crippen molar-refractivity contribution in [2.24, 2.45) is 17.8 Å². The van der Waals surface area contributed by atoms with E-state index < -0.39 is 0 Å². The summed E-state index contributed by atoms with van der Waals surface area (Å²) in [4.78, 5) is 0. The highest BCUT2D eigenvalue weighted by Crippen LogP contribution is 2.65. The average molecular weight is 561 g/mol. The van der Waals surface area contributed by atoms with Crippen molar-refractivity contribution in [2.75, 3.05) is 32.3 Å². The van der Waals surface area contributed by atoms with Crippen LogP contribution in [0.1, 0.15) is 65.5 Å². The van der Waals surface area contributed by atoms with Gasteiger partial charge >= 0.3 is 0 Å². The molecule has 2 nitrogen and oxygen atoms in total. The van der Waals surface area contributed by atoms with Gasteiger partial charge in [-0.1, -0.05) is 122 Å². The summed E-state index contributed by atoms with van der Waals surface area (Å²) in [6, 6.07) is 22.5. The standard InChI is InChI=1S/C35H50N2P2/c1-33(2,3)39(34(4,5)6)24-30-31(35(38,27-17-19-36-22-27)28-18-20-37-23-28)21-29(25-13-9-7-10-14-25)32(30)26-15-11-8-12-16-26/h7-16,21,27-28,30,36-37H,17-20,22-24,38H2,1-6H3. The smallest absolute Gasteiger partial charge is 0.0147 e. The normalized spacial score (nSPS) is 25.8. The summed E-state index contributed by atoms with van der Waals surface area (Å²) in [7, 11) is 3.26. The molecule has 2 aromatic rings. The lowest BCUT2D eigenvalue weighted by molar-refractivity contribution is 0.325. The average Bonchev–Trinajstić information content (AvgIpc) is 3.68. The van der Waals surface area contributed by atoms with Crippen molar-refractivity contribution in [3.63, 3.8) is 0 Å². The van der Waals surface area contributed by atoms with Crippen molar-refractivity contribution < 1.29 is 0 Å². The molecule has 0 saturated carbocycles. The van der Waals surface area contributed by atoms with Gasteiger partial charge in [0.2, 0.25) is 0 Å². The van der Waals surface area contributed by atoms with Crippen LogP contribution in [-0.4, -0.2) is 47.8 Å². The van der Waals surface area contributed by atoms with Gasteiger partial charge in [0.05, 0.1) is 0 Å². The van der Waals surface area contributed by atoms with Crippen LogP contribution in [-0.2, 0) is 0 Å². The zero-order valence-corrected chi connectivity index (χ0v) is 27.1. The van der Waals surface area contributed by atoms with Crippen LogP contribution in [0.2, 0.25) is 0 Å². The number of benzene rings is 2. The first kappa shape index (κ1) is 29.2. The molecule has 0 amide bonds. The highest BCUT2D eigenvalue weighted by molar-refractivity contribution is 7.60. The summed E-state index contributed by atoms with van der Waals surface area (Å²) >= 11 is 0. The van der Waals surface area contributed by atoms with Crippen LogP contribution in [0.5, 0.6) is 0 Å². The Morgan fingerprint density at radius 3 is 1.67 bits per heavy atom. The molecule has 0 radical (unpaired) electrons. The summed E-state index contributed by atoms with van der Waals surface area (Å²) in [5.74, 6) is 1.71. The van der Waals surface area contributed by atoms with Gasteiger partial charge in [0, 0.05) is 11.1 Å². The van der Waals surface area contributed by atoms with Gasteiger partial charge in [-0.15, -0.1) is 9.24 Å². The number of allylic oxidation sites excluding steroid dienone is 4. The Balaban J connectivity index is 1.74. The van der Waals surface area contributed by atoms with E-state index in [0.717, 1.165) is 26.2 Å². The largest absolute Gasteiger partial charge is 0.316 e. The van der Waals surface area contributed by atoms with E-state index in [4.69, 9.17) is 0 Å². The number of nitrogens with one attached hydrogen (secondary N) is 2. The van der Waals surface area contributed by atoms with Crippen molar-refractivity contribution >= 4 is 28.3 Å². The minimum Gasteiger partial charge on any atom is -0.316 e. The first-order chi connectivity index (χ1) is 18.5. The van der Waals surface area contributed by atoms with E-state index in [1.165, 1.54) is 35.7 Å². The quantitative estimate of drug-likeness (QED) is 0.335. The second-order valence-electron chi connectivity index (χ2n) is 14.0. The van der Waals surface area contributed by atoms with Gasteiger partial charge in [0.15, 0.2) is 0 Å². The molecular weight excluding hydrogens is 510 g/mol. The minimum atomic E-state index is -0.272. The zero-order chi connectivity index (χ0) is 27.8. The molecule has 2 aromatic carbocycles. The lowest BCUT2D eigenvalue weighted by atomic mass is 9.70. The van der Waals surface area contributed by atoms with E-state index in [1.54, 1.807) is 11.1 Å². The second kappa shape index (κ2) is 11.5. The fraction of sp³-hybridized carbons (Fsp3) is 0.543. The van der Waals surface area contributed by atoms with E-state index in [1.807, 2.05) is 0 Å². The molecule has 3 aliphatic rings. The second-order valence-corrected chi connectivity index (χ2v) is 18.8. The monoisotopic (exact) mass is 560 g/mol. The first-order valence-electron chi connectivity index (χ1n) is 15.1. The van der Waals surface area contributed by atoms with Crippen LogP contribution in [0.15, 0.2) is 72.3 Å². The van der Waals surface area contributed by atoms with Gasteiger partial charge in [-0.3, -0.25) is 0 Å². The van der Waals surface area contributed by atoms with Gasteiger partial charge in [-0.05, 0) is 89.6 Å². The molecule has 39 heavy (non-hydrogen) atoms. The van der Waals surface area contributed by atoms with E-state index in [2.05, 4.69) is 128 Å². The number of rotatable bonds is 7. The molecule has 2 heterocycles. The Bertz CT molecular complexity index is 1140. The summed E-state index contributed by atoms with van der Waals surface area (Å²) in [6.07, 6.45) is 6.44. The number of hydrogen-bond donors (Lipinski definition) is 2. The van der Waals surface area contributed by atoms with Gasteiger partial charge in [0.25, 0.3) is 0 Å². The van der Waals surface area contributed by atoms with Crippen molar-refractivity contribution in [3.05, 3.63) is 83.4 Å². The Morgan fingerprint density at radius 1 is 0.744 bits per heavy atom. The number of hydrogen-bond acceptors (Lipinski definition) is 2. The molecule has 0 bridgehead atoms. The predicted octanol–water partition coefficient (Wildman–Crippen LogP) is 8.07. The molecule has 2 aliphatic heterocycles. The van der Waals surface area contributed by atoms with Crippen molar-refractivity contribution in [1.29, 1.82) is 0 Å². The Labute approximate surface area is 241 Å². The highest BCUT2D eigenvalue weighted by atomic mass is 31.1. The van der Waals surface area contributed by atoms with Crippen molar-refractivity contribution in [2.45, 2.75) is 69.9 Å². The van der Waals surface area contributed by atoms with Crippen LogP contribution < -0.4 is 10.6 Å². The van der Waals surface area contributed by atoms with Crippen LogP contribution in [0.3, 0.4) is 0 Å². The third-order valence-electron chi connectivity index (χ3n) is 9.44. The fourth-order valence-corrected chi connectivity index (χ4v) is 12.5. The SMILES string of the molecule is CC(C)(C)P(CC1C(C(P)(C2CCNC2)C2CCNC2)=CC(c2ccccc2)=C1c1ccccc1)C(C)(C)C. The van der Waals surface area contributed by atoms with Gasteiger partial charge in [-0.2, -0.15) is 0 Å². The van der Waals surface area contributed by atoms with E-state index in [0.29, 0.717) is 17.8 Å². The van der Waals surface area contributed by atoms with Crippen LogP contribution >= 0.6 is 17.2 Å². The van der Waals surface area contributed by atoms with E-state index >= 15 is 0 Å². The lowest BCUT2D eigenvalue weighted by Gasteiger charge is -2.48. The summed E-state index contributed by atoms with van der Waals surface area (Å²) < 4.78 is 0. The van der Waals surface area contributed by atoms with Crippen LogP contribution in [0.4, 0.5) is 0 Å². The predicted molar refractivity (Wildman–Crippen MR) is 177 cm³/mol. The lowest BCUT2D eigenvalue weighted by Crippen LogP contribution is -2.45. The molecule has 2 N–H and O–H groups in total. The highest BCUT2D eigenvalue weighted by Gasteiger charge is 2.51. The Morgan fingerprint density at radius 2 is 1.23 bits per heavy atom. The molecule has 0 aromatic heterocycles. The first-order valence-corrected chi connectivity index (χ1v) is 17.2. The molecule has 210 valence electrons. The maximum Gasteiger partial charge on any atom is 0.0147 e. The molecule has 2 saturated heterocycles. The summed E-state index contributed by atoms with van der Waals surface area (Å²) in [6.45, 7) is 19.5. The van der Waals surface area contributed by atoms with E-state index in [9.17, 15) is 0 Å². The summed E-state index contributed by atoms with van der Waals surface area (Å²) in [5, 5.41) is 8.14.